The van der Waals surface area contributed by atoms with Gasteiger partial charge in [0.25, 0.3) is 0 Å². The van der Waals surface area contributed by atoms with Crippen LogP contribution in [0.25, 0.3) is 0 Å². The van der Waals surface area contributed by atoms with Crippen molar-refractivity contribution in [3.8, 4) is 0 Å². The maximum atomic E-state index is 12.3. The van der Waals surface area contributed by atoms with Gasteiger partial charge in [-0.15, -0.1) is 24.4 Å². The largest absolute Gasteiger partial charge is 0.481 e. The normalized spacial score (nSPS) is 12.3. The van der Waals surface area contributed by atoms with Crippen molar-refractivity contribution in [2.24, 2.45) is 0 Å². The third kappa shape index (κ3) is 33.2. The van der Waals surface area contributed by atoms with Crippen molar-refractivity contribution in [2.45, 2.75) is 135 Å². The van der Waals surface area contributed by atoms with Crippen LogP contribution < -0.4 is 21.3 Å². The quantitative estimate of drug-likeness (QED) is 0.0360. The number of carbonyl (C=O) groups excluding carboxylic acids is 4. The first-order chi connectivity index (χ1) is 24.4. The molecule has 0 rings (SSSR count). The molecule has 0 radical (unpaired) electrons. The second kappa shape index (κ2) is 33.4. The van der Waals surface area contributed by atoms with E-state index in [9.17, 15) is 33.9 Å². The summed E-state index contributed by atoms with van der Waals surface area (Å²) in [5.74, 6) is -2.02. The fourth-order valence-corrected chi connectivity index (χ4v) is 6.16. The molecule has 6 N–H and O–H groups in total. The van der Waals surface area contributed by atoms with E-state index in [0.29, 0.717) is 38.5 Å². The zero-order chi connectivity index (χ0) is 38.1. The number of thioether (sulfide) groups is 1. The Balaban J connectivity index is 3.75. The Bertz CT molecular complexity index is 990. The van der Waals surface area contributed by atoms with E-state index in [0.717, 1.165) is 51.4 Å². The molecule has 296 valence electrons. The highest BCUT2D eigenvalue weighted by atomic mass is 32.2. The molecule has 2 atom stereocenters. The van der Waals surface area contributed by atoms with E-state index in [1.165, 1.54) is 31.0 Å². The molecule has 0 heterocycles. The SMILES string of the molecule is CC(C)NC(CSCC(=O)NCCOCCOCCNC(=O)CCC(NC(=O)CCCCCCCCCCCCCCC(=O)O)C(=O)O)C(=O)S. The summed E-state index contributed by atoms with van der Waals surface area (Å²) >= 11 is 5.23. The number of carboxylic acids is 2. The minimum absolute atomic E-state index is 0.00956. The summed E-state index contributed by atoms with van der Waals surface area (Å²) in [6, 6.07) is -1.39. The molecule has 2 unspecified atom stereocenters. The molecule has 0 saturated carbocycles. The average molecular weight is 765 g/mol. The number of hydrogen-bond donors (Lipinski definition) is 7. The van der Waals surface area contributed by atoms with Crippen molar-refractivity contribution in [3.63, 3.8) is 0 Å². The predicted octanol–water partition coefficient (Wildman–Crippen LogP) is 3.70. The number of aliphatic carboxylic acids is 2. The Hall–Kier alpha value is -2.40. The summed E-state index contributed by atoms with van der Waals surface area (Å²) in [6.45, 7) is 5.64. The summed E-state index contributed by atoms with van der Waals surface area (Å²) < 4.78 is 10.8. The minimum Gasteiger partial charge on any atom is -0.481 e. The van der Waals surface area contributed by atoms with Crippen LogP contribution in [0.15, 0.2) is 0 Å². The highest BCUT2D eigenvalue weighted by Gasteiger charge is 2.21. The highest BCUT2D eigenvalue weighted by molar-refractivity contribution is 8.00. The van der Waals surface area contributed by atoms with Gasteiger partial charge in [0.15, 0.2) is 0 Å². The van der Waals surface area contributed by atoms with E-state index in [4.69, 9.17) is 14.6 Å². The van der Waals surface area contributed by atoms with Gasteiger partial charge in [-0.3, -0.25) is 24.0 Å². The highest BCUT2D eigenvalue weighted by Crippen LogP contribution is 2.13. The molecule has 0 aliphatic carbocycles. The van der Waals surface area contributed by atoms with Gasteiger partial charge in [-0.05, 0) is 19.3 Å². The molecule has 0 fully saturated rings. The number of unbranched alkanes of at least 4 members (excludes halogenated alkanes) is 11. The Morgan fingerprint density at radius 2 is 1.12 bits per heavy atom. The Morgan fingerprint density at radius 1 is 0.627 bits per heavy atom. The molecule has 0 aliphatic heterocycles. The lowest BCUT2D eigenvalue weighted by Crippen LogP contribution is -2.41. The Morgan fingerprint density at radius 3 is 1.59 bits per heavy atom. The van der Waals surface area contributed by atoms with Crippen LogP contribution in [0.3, 0.4) is 0 Å². The van der Waals surface area contributed by atoms with Crippen LogP contribution in [0, 0.1) is 0 Å². The Kier molecular flexibility index (Phi) is 31.9. The van der Waals surface area contributed by atoms with Crippen LogP contribution in [0.4, 0.5) is 0 Å². The molecule has 16 heteroatoms. The summed E-state index contributed by atoms with van der Waals surface area (Å²) in [4.78, 5) is 70.0. The first-order valence-electron chi connectivity index (χ1n) is 18.4. The van der Waals surface area contributed by atoms with Crippen molar-refractivity contribution in [2.75, 3.05) is 51.0 Å². The number of ether oxygens (including phenoxy) is 2. The van der Waals surface area contributed by atoms with Gasteiger partial charge >= 0.3 is 11.9 Å². The van der Waals surface area contributed by atoms with Gasteiger partial charge in [-0.25, -0.2) is 4.79 Å². The number of thiol groups is 1. The third-order valence-corrected chi connectivity index (χ3v) is 9.04. The van der Waals surface area contributed by atoms with E-state index in [2.05, 4.69) is 33.9 Å². The third-order valence-electron chi connectivity index (χ3n) is 7.70. The minimum atomic E-state index is -1.17. The van der Waals surface area contributed by atoms with Gasteiger partial charge in [-0.2, -0.15) is 0 Å². The lowest BCUT2D eigenvalue weighted by Gasteiger charge is -2.17. The molecule has 0 aromatic carbocycles. The van der Waals surface area contributed by atoms with Crippen molar-refractivity contribution in [1.29, 1.82) is 0 Å². The zero-order valence-electron chi connectivity index (χ0n) is 30.7. The van der Waals surface area contributed by atoms with Crippen molar-refractivity contribution < 1.29 is 48.5 Å². The van der Waals surface area contributed by atoms with Crippen LogP contribution in [0.2, 0.25) is 0 Å². The second-order valence-electron chi connectivity index (χ2n) is 12.8. The Labute approximate surface area is 313 Å². The molecule has 0 spiro atoms. The number of rotatable bonds is 36. The molecular weight excluding hydrogens is 701 g/mol. The van der Waals surface area contributed by atoms with Gasteiger partial charge in [0.2, 0.25) is 22.8 Å². The van der Waals surface area contributed by atoms with Gasteiger partial charge in [0.1, 0.15) is 6.04 Å². The topological polar surface area (TPSA) is 209 Å². The number of hydrogen-bond acceptors (Lipinski definition) is 10. The molecule has 0 aromatic heterocycles. The molecule has 51 heavy (non-hydrogen) atoms. The van der Waals surface area contributed by atoms with Crippen LogP contribution in [-0.2, 0) is 38.2 Å². The molecule has 0 saturated heterocycles. The first-order valence-corrected chi connectivity index (χ1v) is 20.0. The lowest BCUT2D eigenvalue weighted by atomic mass is 10.0. The van der Waals surface area contributed by atoms with E-state index in [1.54, 1.807) is 0 Å². The zero-order valence-corrected chi connectivity index (χ0v) is 32.4. The van der Waals surface area contributed by atoms with E-state index < -0.39 is 24.0 Å². The molecule has 14 nitrogen and oxygen atoms in total. The first kappa shape index (κ1) is 48.6. The van der Waals surface area contributed by atoms with Gasteiger partial charge in [0.05, 0.1) is 38.2 Å². The number of amides is 3. The maximum absolute atomic E-state index is 12.3. The molecule has 0 aromatic rings. The van der Waals surface area contributed by atoms with Crippen molar-refractivity contribution in [3.05, 3.63) is 0 Å². The van der Waals surface area contributed by atoms with Gasteiger partial charge in [-0.1, -0.05) is 78.1 Å². The molecule has 0 bridgehead atoms. The summed E-state index contributed by atoms with van der Waals surface area (Å²) in [5.41, 5.74) is 0. The van der Waals surface area contributed by atoms with Crippen molar-refractivity contribution in [1.82, 2.24) is 21.3 Å². The lowest BCUT2D eigenvalue weighted by molar-refractivity contribution is -0.142. The van der Waals surface area contributed by atoms with Crippen LogP contribution in [0.1, 0.15) is 117 Å². The molecular formula is C35H64N4O10S2. The van der Waals surface area contributed by atoms with E-state index in [-0.39, 0.29) is 73.5 Å². The van der Waals surface area contributed by atoms with Crippen LogP contribution >= 0.6 is 24.4 Å². The van der Waals surface area contributed by atoms with Gasteiger partial charge < -0.3 is 41.0 Å². The molecule has 0 aliphatic rings. The second-order valence-corrected chi connectivity index (χ2v) is 14.3. The van der Waals surface area contributed by atoms with E-state index in [1.807, 2.05) is 13.8 Å². The number of carbonyl (C=O) groups is 6. The molecule has 3 amide bonds. The summed E-state index contributed by atoms with van der Waals surface area (Å²) in [7, 11) is 0. The smallest absolute Gasteiger partial charge is 0.326 e. The fourth-order valence-electron chi connectivity index (χ4n) is 4.98. The number of nitrogens with one attached hydrogen (secondary N) is 4. The van der Waals surface area contributed by atoms with Gasteiger partial charge in [0, 0.05) is 44.1 Å². The fraction of sp³-hybridized carbons (Fsp3) is 0.829. The van der Waals surface area contributed by atoms with Crippen molar-refractivity contribution >= 4 is 59.2 Å². The maximum Gasteiger partial charge on any atom is 0.326 e. The predicted molar refractivity (Wildman–Crippen MR) is 202 cm³/mol. The van der Waals surface area contributed by atoms with E-state index >= 15 is 0 Å². The standard InChI is InChI=1S/C35H64N4O10S2/c1-27(2)38-29(35(47)50)25-51-26-32(42)37-20-22-49-24-23-48-21-19-36-30(40)18-17-28(34(45)46)39-31(41)15-13-11-9-7-5-3-4-6-8-10-12-14-16-33(43)44/h27-29,38H,3-26H2,1-2H3,(H,36,40)(H,37,42)(H,39,41)(H,43,44)(H,45,46)(H,47,50). The summed E-state index contributed by atoms with van der Waals surface area (Å²) in [5, 5.41) is 28.9. The monoisotopic (exact) mass is 764 g/mol. The van der Waals surface area contributed by atoms with Crippen LogP contribution in [-0.4, -0.2) is 114 Å². The number of carboxylic acid groups (broad SMARTS) is 2. The summed E-state index contributed by atoms with van der Waals surface area (Å²) in [6.07, 6.45) is 12.9. The average Bonchev–Trinajstić information content (AvgIpc) is 3.06. The van der Waals surface area contributed by atoms with Crippen LogP contribution in [0.5, 0.6) is 0 Å².